The number of nitrogens with zero attached hydrogens (tertiary/aromatic N) is 2. The smallest absolute Gasteiger partial charge is 0.129 e. The summed E-state index contributed by atoms with van der Waals surface area (Å²) in [6.07, 6.45) is 4.59. The number of nitrogens with two attached hydrogens (primary N) is 2. The first kappa shape index (κ1) is 6.38. The van der Waals surface area contributed by atoms with Gasteiger partial charge >= 0.3 is 0 Å². The van der Waals surface area contributed by atoms with Crippen LogP contribution in [0.1, 0.15) is 13.3 Å². The van der Waals surface area contributed by atoms with Crippen molar-refractivity contribution in [2.24, 2.45) is 11.7 Å². The van der Waals surface area contributed by atoms with Crippen molar-refractivity contribution in [1.29, 1.82) is 0 Å². The van der Waals surface area contributed by atoms with Gasteiger partial charge < -0.3 is 0 Å². The summed E-state index contributed by atoms with van der Waals surface area (Å²) < 4.78 is 0. The van der Waals surface area contributed by atoms with Crippen molar-refractivity contribution in [1.82, 2.24) is 10.0 Å². The normalized spacial score (nSPS) is 19.9. The summed E-state index contributed by atoms with van der Waals surface area (Å²) in [6.45, 7) is 2.04. The van der Waals surface area contributed by atoms with Gasteiger partial charge in [-0.15, -0.1) is 0 Å². The van der Waals surface area contributed by atoms with Crippen LogP contribution in [0.3, 0.4) is 0 Å². The quantitative estimate of drug-likeness (QED) is 0.470. The van der Waals surface area contributed by atoms with E-state index in [4.69, 9.17) is 11.7 Å². The Morgan fingerprint density at radius 3 is 2.00 bits per heavy atom. The van der Waals surface area contributed by atoms with Gasteiger partial charge in [0.25, 0.3) is 0 Å². The summed E-state index contributed by atoms with van der Waals surface area (Å²) in [5, 5.41) is 3.19. The summed E-state index contributed by atoms with van der Waals surface area (Å²) in [6, 6.07) is 0. The molecule has 0 spiro atoms. The fourth-order valence-corrected chi connectivity index (χ4v) is 0.928. The highest BCUT2D eigenvalue weighted by Gasteiger charge is 2.18. The fraction of sp³-hybridized carbons (Fsp3) is 0.600. The summed E-state index contributed by atoms with van der Waals surface area (Å²) in [7, 11) is 0. The van der Waals surface area contributed by atoms with Crippen LogP contribution in [0.15, 0.2) is 12.4 Å². The number of hydrazine groups is 2. The van der Waals surface area contributed by atoms with Crippen LogP contribution in [0.25, 0.3) is 0 Å². The highest BCUT2D eigenvalue weighted by molar-refractivity contribution is 4.90. The highest BCUT2D eigenvalue weighted by atomic mass is 15.6. The van der Waals surface area contributed by atoms with Crippen LogP contribution in [0.4, 0.5) is 0 Å². The molecule has 9 heavy (non-hydrogen) atoms. The molecule has 1 aliphatic heterocycles. The van der Waals surface area contributed by atoms with Gasteiger partial charge in [-0.2, -0.15) is 0 Å². The number of rotatable bonds is 1. The van der Waals surface area contributed by atoms with Crippen LogP contribution in [0.2, 0.25) is 0 Å². The Hall–Kier alpha value is -0.740. The minimum atomic E-state index is 0.144. The Bertz CT molecular complexity index is 110. The van der Waals surface area contributed by atoms with Gasteiger partial charge in [-0.25, -0.2) is 11.7 Å². The molecule has 0 aliphatic carbocycles. The third-order valence-electron chi connectivity index (χ3n) is 1.46. The largest absolute Gasteiger partial charge is 0.293 e. The van der Waals surface area contributed by atoms with E-state index in [0.29, 0.717) is 0 Å². The molecular formula is C5H12N4. The SMILES string of the molecule is CCC1N(N)C=CN1N. The van der Waals surface area contributed by atoms with Gasteiger partial charge in [-0.1, -0.05) is 6.92 Å². The average Bonchev–Trinajstić information content (AvgIpc) is 2.12. The number of hydrogen-bond donors (Lipinski definition) is 2. The molecule has 0 aromatic carbocycles. The Balaban J connectivity index is 2.53. The van der Waals surface area contributed by atoms with Crippen molar-refractivity contribution in [3.05, 3.63) is 12.4 Å². The first-order valence-corrected chi connectivity index (χ1v) is 3.00. The van der Waals surface area contributed by atoms with Crippen LogP contribution in [0, 0.1) is 0 Å². The molecule has 0 amide bonds. The lowest BCUT2D eigenvalue weighted by atomic mass is 10.4. The van der Waals surface area contributed by atoms with Gasteiger partial charge in [0.1, 0.15) is 6.17 Å². The van der Waals surface area contributed by atoms with Crippen molar-refractivity contribution in [2.45, 2.75) is 19.5 Å². The van der Waals surface area contributed by atoms with Gasteiger partial charge in [-0.3, -0.25) is 10.0 Å². The van der Waals surface area contributed by atoms with E-state index in [-0.39, 0.29) is 6.17 Å². The van der Waals surface area contributed by atoms with E-state index < -0.39 is 0 Å². The van der Waals surface area contributed by atoms with Gasteiger partial charge in [0, 0.05) is 12.4 Å². The zero-order valence-corrected chi connectivity index (χ0v) is 5.49. The Morgan fingerprint density at radius 2 is 1.78 bits per heavy atom. The monoisotopic (exact) mass is 128 g/mol. The molecule has 4 nitrogen and oxygen atoms in total. The molecule has 0 aromatic heterocycles. The van der Waals surface area contributed by atoms with Crippen LogP contribution in [-0.4, -0.2) is 16.2 Å². The molecule has 1 heterocycles. The molecule has 0 saturated carbocycles. The zero-order chi connectivity index (χ0) is 6.85. The van der Waals surface area contributed by atoms with Gasteiger partial charge in [0.15, 0.2) is 0 Å². The van der Waals surface area contributed by atoms with E-state index in [2.05, 4.69) is 0 Å². The average molecular weight is 128 g/mol. The Kier molecular flexibility index (Phi) is 1.59. The second-order valence-corrected chi connectivity index (χ2v) is 2.08. The van der Waals surface area contributed by atoms with E-state index in [1.807, 2.05) is 6.92 Å². The molecule has 0 radical (unpaired) electrons. The lowest BCUT2D eigenvalue weighted by molar-refractivity contribution is 0.151. The van der Waals surface area contributed by atoms with Crippen molar-refractivity contribution in [3.63, 3.8) is 0 Å². The first-order valence-electron chi connectivity index (χ1n) is 3.00. The molecule has 4 N–H and O–H groups in total. The van der Waals surface area contributed by atoms with E-state index in [0.717, 1.165) is 6.42 Å². The molecule has 0 fully saturated rings. The zero-order valence-electron chi connectivity index (χ0n) is 5.49. The molecule has 0 aromatic rings. The second kappa shape index (κ2) is 2.24. The second-order valence-electron chi connectivity index (χ2n) is 2.08. The topological polar surface area (TPSA) is 58.5 Å². The lowest BCUT2D eigenvalue weighted by Crippen LogP contribution is -2.44. The molecule has 1 aliphatic rings. The maximum absolute atomic E-state index is 5.50. The van der Waals surface area contributed by atoms with Crippen molar-refractivity contribution < 1.29 is 0 Å². The molecule has 0 bridgehead atoms. The van der Waals surface area contributed by atoms with Crippen molar-refractivity contribution in [2.75, 3.05) is 0 Å². The van der Waals surface area contributed by atoms with Gasteiger partial charge in [-0.05, 0) is 6.42 Å². The summed E-state index contributed by atoms with van der Waals surface area (Å²) in [5.41, 5.74) is 0. The molecular weight excluding hydrogens is 116 g/mol. The maximum Gasteiger partial charge on any atom is 0.129 e. The van der Waals surface area contributed by atoms with Crippen LogP contribution in [0.5, 0.6) is 0 Å². The summed E-state index contributed by atoms with van der Waals surface area (Å²) in [4.78, 5) is 0. The third-order valence-corrected chi connectivity index (χ3v) is 1.46. The number of hydrogen-bond acceptors (Lipinski definition) is 4. The molecule has 0 unspecified atom stereocenters. The third kappa shape index (κ3) is 0.988. The van der Waals surface area contributed by atoms with E-state index in [1.54, 1.807) is 22.4 Å². The van der Waals surface area contributed by atoms with Crippen molar-refractivity contribution >= 4 is 0 Å². The van der Waals surface area contributed by atoms with Gasteiger partial charge in [0.2, 0.25) is 0 Å². The molecule has 0 saturated heterocycles. The highest BCUT2D eigenvalue weighted by Crippen LogP contribution is 2.09. The van der Waals surface area contributed by atoms with Crippen LogP contribution < -0.4 is 11.7 Å². The summed E-state index contributed by atoms with van der Waals surface area (Å²) in [5.74, 6) is 11.0. The predicted octanol–water partition coefficient (Wildman–Crippen LogP) is -0.441. The first-order chi connectivity index (χ1) is 4.25. The lowest BCUT2D eigenvalue weighted by Gasteiger charge is -2.24. The Labute approximate surface area is 54.6 Å². The maximum atomic E-state index is 5.50. The van der Waals surface area contributed by atoms with Gasteiger partial charge in [0.05, 0.1) is 0 Å². The van der Waals surface area contributed by atoms with E-state index in [1.165, 1.54) is 0 Å². The predicted molar refractivity (Wildman–Crippen MR) is 35.3 cm³/mol. The van der Waals surface area contributed by atoms with E-state index in [9.17, 15) is 0 Å². The summed E-state index contributed by atoms with van der Waals surface area (Å²) >= 11 is 0. The van der Waals surface area contributed by atoms with Crippen LogP contribution >= 0.6 is 0 Å². The van der Waals surface area contributed by atoms with Crippen molar-refractivity contribution in [3.8, 4) is 0 Å². The van der Waals surface area contributed by atoms with E-state index >= 15 is 0 Å². The fourth-order valence-electron chi connectivity index (χ4n) is 0.928. The standard InChI is InChI=1S/C5H12N4/c1-2-5-8(6)3-4-9(5)7/h3-5H,2,6-7H2,1H3. The molecule has 52 valence electrons. The Morgan fingerprint density at radius 1 is 1.33 bits per heavy atom. The minimum Gasteiger partial charge on any atom is -0.293 e. The van der Waals surface area contributed by atoms with Crippen LogP contribution in [-0.2, 0) is 0 Å². The minimum absolute atomic E-state index is 0.144. The molecule has 0 atom stereocenters. The molecule has 1 rings (SSSR count). The molecule has 4 heteroatoms.